The van der Waals surface area contributed by atoms with E-state index in [9.17, 15) is 9.59 Å². The van der Waals surface area contributed by atoms with Gasteiger partial charge < -0.3 is 10.4 Å². The number of carbonyl (C=O) groups excluding carboxylic acids is 1. The number of hydrogen-bond donors (Lipinski definition) is 2. The van der Waals surface area contributed by atoms with E-state index >= 15 is 0 Å². The largest absolute Gasteiger partial charge is 0.395 e. The summed E-state index contributed by atoms with van der Waals surface area (Å²) in [5.41, 5.74) is 3.63. The van der Waals surface area contributed by atoms with Crippen molar-refractivity contribution in [1.29, 1.82) is 0 Å². The van der Waals surface area contributed by atoms with Crippen molar-refractivity contribution in [3.8, 4) is 11.3 Å². The normalized spacial score (nSPS) is 12.1. The van der Waals surface area contributed by atoms with Gasteiger partial charge in [-0.2, -0.15) is 5.10 Å². The number of rotatable bonds is 6. The number of aliphatic hydroxyl groups is 1. The molecule has 2 aromatic carbocycles. The van der Waals surface area contributed by atoms with Crippen LogP contribution in [0.1, 0.15) is 28.9 Å². The van der Waals surface area contributed by atoms with Crippen LogP contribution in [0.2, 0.25) is 0 Å². The fraction of sp³-hybridized carbons (Fsp3) is 0.217. The van der Waals surface area contributed by atoms with Crippen LogP contribution in [-0.4, -0.2) is 43.5 Å². The van der Waals surface area contributed by atoms with Gasteiger partial charge in [0.25, 0.3) is 11.5 Å². The summed E-state index contributed by atoms with van der Waals surface area (Å²) < 4.78 is 3.34. The van der Waals surface area contributed by atoms with E-state index in [1.807, 2.05) is 38.2 Å². The Morgan fingerprint density at radius 2 is 2.03 bits per heavy atom. The molecule has 4 rings (SSSR count). The zero-order valence-electron chi connectivity index (χ0n) is 17.3. The fourth-order valence-electron chi connectivity index (χ4n) is 3.60. The summed E-state index contributed by atoms with van der Waals surface area (Å²) in [5.74, 6) is -0.269. The maximum atomic E-state index is 13.2. The van der Waals surface area contributed by atoms with E-state index in [0.717, 1.165) is 16.8 Å². The van der Waals surface area contributed by atoms with Crippen LogP contribution in [-0.2, 0) is 7.05 Å². The SMILES string of the molecule is CC(c1cccc(C(=O)NCCO)c1)n1cnc2cc(-c3ccnn3C)ccc2c1=O. The van der Waals surface area contributed by atoms with Crippen LogP contribution in [0, 0.1) is 0 Å². The first-order valence-corrected chi connectivity index (χ1v) is 9.98. The minimum atomic E-state index is -0.313. The summed E-state index contributed by atoms with van der Waals surface area (Å²) in [4.78, 5) is 29.9. The number of nitrogens with zero attached hydrogens (tertiary/aromatic N) is 4. The van der Waals surface area contributed by atoms with Crippen molar-refractivity contribution in [1.82, 2.24) is 24.6 Å². The molecule has 0 bridgehead atoms. The number of aryl methyl sites for hydroxylation is 1. The monoisotopic (exact) mass is 417 g/mol. The molecule has 31 heavy (non-hydrogen) atoms. The Balaban J connectivity index is 1.68. The van der Waals surface area contributed by atoms with Crippen LogP contribution in [0.3, 0.4) is 0 Å². The van der Waals surface area contributed by atoms with Gasteiger partial charge in [0.2, 0.25) is 0 Å². The van der Waals surface area contributed by atoms with E-state index in [0.29, 0.717) is 16.5 Å². The first kappa shape index (κ1) is 20.5. The molecule has 0 radical (unpaired) electrons. The van der Waals surface area contributed by atoms with Crippen LogP contribution in [0.25, 0.3) is 22.2 Å². The van der Waals surface area contributed by atoms with Gasteiger partial charge in [0.05, 0.1) is 35.6 Å². The minimum absolute atomic E-state index is 0.123. The van der Waals surface area contributed by atoms with Crippen LogP contribution >= 0.6 is 0 Å². The van der Waals surface area contributed by atoms with Crippen LogP contribution in [0.15, 0.2) is 65.8 Å². The lowest BCUT2D eigenvalue weighted by molar-refractivity contribution is 0.0944. The average molecular weight is 417 g/mol. The van der Waals surface area contributed by atoms with Gasteiger partial charge >= 0.3 is 0 Å². The second-order valence-electron chi connectivity index (χ2n) is 7.31. The molecule has 0 aliphatic carbocycles. The van der Waals surface area contributed by atoms with Gasteiger partial charge in [0.1, 0.15) is 0 Å². The summed E-state index contributed by atoms with van der Waals surface area (Å²) in [6.45, 7) is 1.96. The minimum Gasteiger partial charge on any atom is -0.395 e. The second-order valence-corrected chi connectivity index (χ2v) is 7.31. The molecule has 8 nitrogen and oxygen atoms in total. The Bertz CT molecular complexity index is 1310. The molecule has 2 heterocycles. The fourth-order valence-corrected chi connectivity index (χ4v) is 3.60. The van der Waals surface area contributed by atoms with Gasteiger partial charge in [-0.15, -0.1) is 0 Å². The van der Waals surface area contributed by atoms with Crippen molar-refractivity contribution in [2.75, 3.05) is 13.2 Å². The van der Waals surface area contributed by atoms with Crippen molar-refractivity contribution >= 4 is 16.8 Å². The Morgan fingerprint density at radius 3 is 2.77 bits per heavy atom. The molecule has 2 N–H and O–H groups in total. The number of carbonyl (C=O) groups is 1. The molecule has 0 saturated heterocycles. The molecule has 158 valence electrons. The van der Waals surface area contributed by atoms with Crippen LogP contribution in [0.4, 0.5) is 0 Å². The number of benzene rings is 2. The standard InChI is InChI=1S/C23H23N5O3/c1-15(16-4-3-5-18(12-16)22(30)24-10-11-29)28-14-25-20-13-17(6-7-19(20)23(28)31)21-8-9-26-27(21)2/h3-9,12-15,29H,10-11H2,1-2H3,(H,24,30). The molecular weight excluding hydrogens is 394 g/mol. The van der Waals surface area contributed by atoms with Crippen molar-refractivity contribution in [3.63, 3.8) is 0 Å². The Labute approximate surface area is 178 Å². The first-order chi connectivity index (χ1) is 15.0. The highest BCUT2D eigenvalue weighted by Crippen LogP contribution is 2.23. The van der Waals surface area contributed by atoms with E-state index < -0.39 is 0 Å². The Morgan fingerprint density at radius 1 is 1.19 bits per heavy atom. The van der Waals surface area contributed by atoms with E-state index in [-0.39, 0.29) is 30.7 Å². The highest BCUT2D eigenvalue weighted by Gasteiger charge is 2.15. The number of aromatic nitrogens is 4. The van der Waals surface area contributed by atoms with Gasteiger partial charge in [0, 0.05) is 30.9 Å². The third-order valence-corrected chi connectivity index (χ3v) is 5.35. The van der Waals surface area contributed by atoms with Crippen LogP contribution < -0.4 is 10.9 Å². The maximum absolute atomic E-state index is 13.2. The molecule has 0 fully saturated rings. The third-order valence-electron chi connectivity index (χ3n) is 5.35. The van der Waals surface area contributed by atoms with Crippen molar-refractivity contribution in [2.24, 2.45) is 7.05 Å². The highest BCUT2D eigenvalue weighted by molar-refractivity contribution is 5.94. The van der Waals surface area contributed by atoms with Gasteiger partial charge in [-0.05, 0) is 42.8 Å². The smallest absolute Gasteiger partial charge is 0.261 e. The second kappa shape index (κ2) is 8.53. The molecular formula is C23H23N5O3. The molecule has 0 saturated carbocycles. The summed E-state index contributed by atoms with van der Waals surface area (Å²) >= 11 is 0. The number of fused-ring (bicyclic) bond motifs is 1. The molecule has 0 aliphatic rings. The molecule has 1 unspecified atom stereocenters. The van der Waals surface area contributed by atoms with Gasteiger partial charge in [-0.1, -0.05) is 18.2 Å². The van der Waals surface area contributed by atoms with Crippen LogP contribution in [0.5, 0.6) is 0 Å². The quantitative estimate of drug-likeness (QED) is 0.500. The maximum Gasteiger partial charge on any atom is 0.261 e. The zero-order chi connectivity index (χ0) is 22.0. The van der Waals surface area contributed by atoms with Crippen molar-refractivity contribution in [2.45, 2.75) is 13.0 Å². The molecule has 8 heteroatoms. The third kappa shape index (κ3) is 3.97. The molecule has 2 aromatic heterocycles. The predicted molar refractivity (Wildman–Crippen MR) is 118 cm³/mol. The van der Waals surface area contributed by atoms with Crippen molar-refractivity contribution in [3.05, 3.63) is 82.5 Å². The topological polar surface area (TPSA) is 102 Å². The summed E-state index contributed by atoms with van der Waals surface area (Å²) in [7, 11) is 1.87. The highest BCUT2D eigenvalue weighted by atomic mass is 16.3. The first-order valence-electron chi connectivity index (χ1n) is 9.98. The van der Waals surface area contributed by atoms with Gasteiger partial charge in [-0.25, -0.2) is 4.98 Å². The van der Waals surface area contributed by atoms with E-state index in [2.05, 4.69) is 15.4 Å². The number of amides is 1. The number of hydrogen-bond acceptors (Lipinski definition) is 5. The Hall–Kier alpha value is -3.78. The van der Waals surface area contributed by atoms with E-state index in [1.54, 1.807) is 46.0 Å². The van der Waals surface area contributed by atoms with Gasteiger partial charge in [0.15, 0.2) is 0 Å². The average Bonchev–Trinajstić information content (AvgIpc) is 3.23. The Kier molecular flexibility index (Phi) is 5.64. The summed E-state index contributed by atoms with van der Waals surface area (Å²) in [5, 5.41) is 16.2. The van der Waals surface area contributed by atoms with Gasteiger partial charge in [-0.3, -0.25) is 18.8 Å². The summed E-state index contributed by atoms with van der Waals surface area (Å²) in [6, 6.07) is 14.3. The lowest BCUT2D eigenvalue weighted by Gasteiger charge is -2.17. The molecule has 1 amide bonds. The predicted octanol–water partition coefficient (Wildman–Crippen LogP) is 2.13. The lowest BCUT2D eigenvalue weighted by Crippen LogP contribution is -2.27. The van der Waals surface area contributed by atoms with E-state index in [4.69, 9.17) is 5.11 Å². The van der Waals surface area contributed by atoms with Crippen molar-refractivity contribution < 1.29 is 9.90 Å². The molecule has 1 atom stereocenters. The number of aliphatic hydroxyl groups excluding tert-OH is 1. The molecule has 4 aromatic rings. The summed E-state index contributed by atoms with van der Waals surface area (Å²) in [6.07, 6.45) is 3.27. The van der Waals surface area contributed by atoms with E-state index in [1.165, 1.54) is 0 Å². The molecule has 0 aliphatic heterocycles. The molecule has 0 spiro atoms. The lowest BCUT2D eigenvalue weighted by atomic mass is 10.0. The zero-order valence-corrected chi connectivity index (χ0v) is 17.3. The number of nitrogens with one attached hydrogen (secondary N) is 1.